The first-order valence-corrected chi connectivity index (χ1v) is 11.3. The van der Waals surface area contributed by atoms with Crippen molar-refractivity contribution in [2.75, 3.05) is 19.6 Å². The molecule has 1 aliphatic heterocycles. The van der Waals surface area contributed by atoms with E-state index in [1.54, 1.807) is 0 Å². The number of hydrogen-bond donors (Lipinski definition) is 2. The molecular formula is C22H35BrN2O. The SMILES string of the molecule is Cc1c(Br)cccc1OC1CCC(CCCC(C)[C@H]2CNCCN2)CC1. The maximum absolute atomic E-state index is 6.29. The molecule has 2 atom stereocenters. The lowest BCUT2D eigenvalue weighted by Crippen LogP contribution is -2.51. The van der Waals surface area contributed by atoms with E-state index in [1.807, 2.05) is 0 Å². The van der Waals surface area contributed by atoms with Crippen molar-refractivity contribution >= 4 is 15.9 Å². The number of rotatable bonds is 7. The summed E-state index contributed by atoms with van der Waals surface area (Å²) < 4.78 is 7.43. The predicted molar refractivity (Wildman–Crippen MR) is 113 cm³/mol. The fraction of sp³-hybridized carbons (Fsp3) is 0.727. The summed E-state index contributed by atoms with van der Waals surface area (Å²) >= 11 is 3.60. The Bertz CT molecular complexity index is 551. The van der Waals surface area contributed by atoms with Crippen molar-refractivity contribution in [1.82, 2.24) is 10.6 Å². The van der Waals surface area contributed by atoms with Gasteiger partial charge < -0.3 is 15.4 Å². The van der Waals surface area contributed by atoms with Gasteiger partial charge in [0.2, 0.25) is 0 Å². The van der Waals surface area contributed by atoms with Crippen molar-refractivity contribution in [1.29, 1.82) is 0 Å². The number of piperazine rings is 1. The van der Waals surface area contributed by atoms with Crippen LogP contribution in [0.2, 0.25) is 0 Å². The van der Waals surface area contributed by atoms with Gasteiger partial charge in [-0.3, -0.25) is 0 Å². The van der Waals surface area contributed by atoms with Crippen LogP contribution >= 0.6 is 15.9 Å². The van der Waals surface area contributed by atoms with Gasteiger partial charge in [-0.15, -0.1) is 0 Å². The zero-order chi connectivity index (χ0) is 18.4. The van der Waals surface area contributed by atoms with E-state index < -0.39 is 0 Å². The van der Waals surface area contributed by atoms with Crippen molar-refractivity contribution in [3.8, 4) is 5.75 Å². The molecule has 0 aromatic heterocycles. The van der Waals surface area contributed by atoms with Crippen molar-refractivity contribution in [2.45, 2.75) is 70.9 Å². The lowest BCUT2D eigenvalue weighted by molar-refractivity contribution is 0.126. The third-order valence-corrected chi connectivity index (χ3v) is 7.20. The fourth-order valence-electron chi connectivity index (χ4n) is 4.44. The van der Waals surface area contributed by atoms with Crippen LogP contribution in [0.4, 0.5) is 0 Å². The first-order valence-electron chi connectivity index (χ1n) is 10.5. The van der Waals surface area contributed by atoms with Crippen molar-refractivity contribution in [2.24, 2.45) is 11.8 Å². The standard InChI is InChI=1S/C22H35BrN2O/c1-16(21-15-24-13-14-25-21)5-3-6-18-9-11-19(12-10-18)26-22-8-4-7-20(23)17(22)2/h4,7-8,16,18-19,21,24-25H,3,5-6,9-15H2,1-2H3/t16?,18?,19?,21-/m1/s1. The van der Waals surface area contributed by atoms with Gasteiger partial charge in [0.05, 0.1) is 6.10 Å². The second-order valence-electron chi connectivity index (χ2n) is 8.30. The van der Waals surface area contributed by atoms with E-state index in [9.17, 15) is 0 Å². The molecule has 3 nitrogen and oxygen atoms in total. The second-order valence-corrected chi connectivity index (χ2v) is 9.15. The number of ether oxygens (including phenoxy) is 1. The van der Waals surface area contributed by atoms with E-state index in [0.717, 1.165) is 41.7 Å². The second kappa shape index (κ2) is 10.1. The molecule has 1 aromatic rings. The molecular weight excluding hydrogens is 388 g/mol. The van der Waals surface area contributed by atoms with Crippen LogP contribution in [0.25, 0.3) is 0 Å². The summed E-state index contributed by atoms with van der Waals surface area (Å²) in [5.74, 6) is 2.73. The van der Waals surface area contributed by atoms with Crippen LogP contribution in [-0.2, 0) is 0 Å². The van der Waals surface area contributed by atoms with Gasteiger partial charge in [0.15, 0.2) is 0 Å². The van der Waals surface area contributed by atoms with Crippen molar-refractivity contribution in [3.05, 3.63) is 28.2 Å². The molecule has 26 heavy (non-hydrogen) atoms. The van der Waals surface area contributed by atoms with Crippen LogP contribution in [0.5, 0.6) is 5.75 Å². The molecule has 0 bridgehead atoms. The summed E-state index contributed by atoms with van der Waals surface area (Å²) in [7, 11) is 0. The summed E-state index contributed by atoms with van der Waals surface area (Å²) in [6.07, 6.45) is 9.60. The zero-order valence-electron chi connectivity index (χ0n) is 16.4. The Kier molecular flexibility index (Phi) is 7.83. The van der Waals surface area contributed by atoms with Crippen LogP contribution in [0.15, 0.2) is 22.7 Å². The highest BCUT2D eigenvalue weighted by molar-refractivity contribution is 9.10. The average molecular weight is 423 g/mol. The Labute approximate surface area is 167 Å². The van der Waals surface area contributed by atoms with E-state index in [-0.39, 0.29) is 0 Å². The molecule has 0 radical (unpaired) electrons. The molecule has 0 spiro atoms. The van der Waals surface area contributed by atoms with Crippen LogP contribution in [0, 0.1) is 18.8 Å². The molecule has 1 saturated carbocycles. The Morgan fingerprint density at radius 2 is 2.00 bits per heavy atom. The molecule has 2 N–H and O–H groups in total. The molecule has 2 fully saturated rings. The zero-order valence-corrected chi connectivity index (χ0v) is 18.0. The van der Waals surface area contributed by atoms with Crippen LogP contribution in [0.1, 0.15) is 57.4 Å². The van der Waals surface area contributed by atoms with Gasteiger partial charge in [-0.1, -0.05) is 41.8 Å². The Morgan fingerprint density at radius 1 is 1.19 bits per heavy atom. The fourth-order valence-corrected chi connectivity index (χ4v) is 4.79. The number of benzene rings is 1. The lowest BCUT2D eigenvalue weighted by Gasteiger charge is -2.31. The Hall–Kier alpha value is -0.580. The van der Waals surface area contributed by atoms with Gasteiger partial charge in [0.25, 0.3) is 0 Å². The molecule has 1 aromatic carbocycles. The van der Waals surface area contributed by atoms with Gasteiger partial charge in [0, 0.05) is 35.7 Å². The quantitative estimate of drug-likeness (QED) is 0.643. The number of nitrogens with one attached hydrogen (secondary N) is 2. The summed E-state index contributed by atoms with van der Waals surface area (Å²) in [5.41, 5.74) is 1.22. The lowest BCUT2D eigenvalue weighted by atomic mass is 9.83. The maximum atomic E-state index is 6.29. The molecule has 1 heterocycles. The smallest absolute Gasteiger partial charge is 0.123 e. The number of halogens is 1. The molecule has 3 rings (SSSR count). The van der Waals surface area contributed by atoms with Crippen molar-refractivity contribution in [3.63, 3.8) is 0 Å². The van der Waals surface area contributed by atoms with Gasteiger partial charge in [-0.05, 0) is 63.0 Å². The monoisotopic (exact) mass is 422 g/mol. The Balaban J connectivity index is 1.34. The minimum Gasteiger partial charge on any atom is -0.490 e. The van der Waals surface area contributed by atoms with Crippen molar-refractivity contribution < 1.29 is 4.74 Å². The van der Waals surface area contributed by atoms with E-state index in [1.165, 1.54) is 50.5 Å². The highest BCUT2D eigenvalue weighted by Crippen LogP contribution is 2.33. The average Bonchev–Trinajstić information content (AvgIpc) is 2.67. The highest BCUT2D eigenvalue weighted by atomic mass is 79.9. The molecule has 1 aliphatic carbocycles. The largest absolute Gasteiger partial charge is 0.490 e. The molecule has 1 saturated heterocycles. The summed E-state index contributed by atoms with van der Waals surface area (Å²) in [6.45, 7) is 7.92. The van der Waals surface area contributed by atoms with Gasteiger partial charge in [-0.2, -0.15) is 0 Å². The first-order chi connectivity index (χ1) is 12.6. The third kappa shape index (κ3) is 5.71. The summed E-state index contributed by atoms with van der Waals surface area (Å²) in [6, 6.07) is 6.91. The summed E-state index contributed by atoms with van der Waals surface area (Å²) in [5, 5.41) is 7.17. The summed E-state index contributed by atoms with van der Waals surface area (Å²) in [4.78, 5) is 0. The first kappa shape index (κ1) is 20.2. The molecule has 2 aliphatic rings. The number of hydrogen-bond acceptors (Lipinski definition) is 3. The molecule has 146 valence electrons. The third-order valence-electron chi connectivity index (χ3n) is 6.34. The minimum atomic E-state index is 0.399. The highest BCUT2D eigenvalue weighted by Gasteiger charge is 2.24. The van der Waals surface area contributed by atoms with E-state index in [4.69, 9.17) is 4.74 Å². The van der Waals surface area contributed by atoms with Crippen LogP contribution in [-0.4, -0.2) is 31.8 Å². The Morgan fingerprint density at radius 3 is 2.73 bits per heavy atom. The molecule has 4 heteroatoms. The minimum absolute atomic E-state index is 0.399. The topological polar surface area (TPSA) is 33.3 Å². The predicted octanol–water partition coefficient (Wildman–Crippen LogP) is 5.06. The van der Waals surface area contributed by atoms with Crippen LogP contribution in [0.3, 0.4) is 0 Å². The van der Waals surface area contributed by atoms with Gasteiger partial charge in [-0.25, -0.2) is 0 Å². The van der Waals surface area contributed by atoms with Crippen LogP contribution < -0.4 is 15.4 Å². The van der Waals surface area contributed by atoms with Gasteiger partial charge >= 0.3 is 0 Å². The van der Waals surface area contributed by atoms with Gasteiger partial charge in [0.1, 0.15) is 5.75 Å². The molecule has 1 unspecified atom stereocenters. The van der Waals surface area contributed by atoms with E-state index in [0.29, 0.717) is 12.1 Å². The molecule has 0 amide bonds. The normalized spacial score (nSPS) is 27.9. The van der Waals surface area contributed by atoms with E-state index >= 15 is 0 Å². The maximum Gasteiger partial charge on any atom is 0.123 e. The van der Waals surface area contributed by atoms with E-state index in [2.05, 4.69) is 58.6 Å².